The molecule has 202 valence electrons. The Morgan fingerprint density at radius 3 is 2.16 bits per heavy atom. The number of nitrogens with one attached hydrogen (secondary N) is 1. The molecular weight excluding hydrogens is 508 g/mol. The van der Waals surface area contributed by atoms with Gasteiger partial charge in [-0.2, -0.15) is 0 Å². The molecule has 1 atom stereocenters. The van der Waals surface area contributed by atoms with Gasteiger partial charge in [0.1, 0.15) is 6.04 Å². The minimum Gasteiger partial charge on any atom is -0.466 e. The molecule has 0 aliphatic heterocycles. The maximum Gasteiger partial charge on any atom is 0.328 e. The topological polar surface area (TPSA) is 119 Å². The number of nitrogens with zero attached hydrogens (tertiary/aromatic N) is 1. The number of anilines is 1. The first-order valence-corrected chi connectivity index (χ1v) is 13.7. The molecule has 1 unspecified atom stereocenters. The number of sulfonamides is 1. The first-order valence-electron chi connectivity index (χ1n) is 12.3. The van der Waals surface area contributed by atoms with Crippen LogP contribution in [0.15, 0.2) is 65.6 Å². The molecular formula is C28H32N2O7S. The van der Waals surface area contributed by atoms with Crippen LogP contribution in [0, 0.1) is 6.92 Å². The number of rotatable bonds is 11. The van der Waals surface area contributed by atoms with Gasteiger partial charge < -0.3 is 14.8 Å². The summed E-state index contributed by atoms with van der Waals surface area (Å²) in [5, 5.41) is 3.71. The van der Waals surface area contributed by atoms with Crippen molar-refractivity contribution in [1.29, 1.82) is 0 Å². The molecule has 0 spiro atoms. The number of hydrogen-bond donors (Lipinski definition) is 1. The Morgan fingerprint density at radius 1 is 0.895 bits per heavy atom. The Balaban J connectivity index is 1.94. The molecule has 0 aromatic heterocycles. The van der Waals surface area contributed by atoms with Crippen LogP contribution in [0.5, 0.6) is 0 Å². The van der Waals surface area contributed by atoms with E-state index in [0.29, 0.717) is 16.5 Å². The summed E-state index contributed by atoms with van der Waals surface area (Å²) >= 11 is 0. The first-order chi connectivity index (χ1) is 18.1. The maximum atomic E-state index is 13.3. The van der Waals surface area contributed by atoms with Gasteiger partial charge in [0.25, 0.3) is 15.9 Å². The average molecular weight is 541 g/mol. The number of amides is 1. The largest absolute Gasteiger partial charge is 0.466 e. The van der Waals surface area contributed by atoms with E-state index in [4.69, 9.17) is 9.47 Å². The van der Waals surface area contributed by atoms with Crippen LogP contribution in [0.3, 0.4) is 0 Å². The maximum absolute atomic E-state index is 13.3. The number of carbonyl (C=O) groups excluding carboxylic acids is 3. The highest BCUT2D eigenvalue weighted by atomic mass is 32.2. The molecule has 3 aromatic carbocycles. The fraction of sp³-hybridized carbons (Fsp3) is 0.321. The van der Waals surface area contributed by atoms with Crippen LogP contribution in [0.1, 0.15) is 42.6 Å². The van der Waals surface area contributed by atoms with E-state index in [-0.39, 0.29) is 36.5 Å². The highest BCUT2D eigenvalue weighted by Crippen LogP contribution is 2.32. The molecule has 3 rings (SSSR count). The van der Waals surface area contributed by atoms with Crippen molar-refractivity contribution in [2.45, 2.75) is 44.6 Å². The minimum absolute atomic E-state index is 0.0109. The van der Waals surface area contributed by atoms with Gasteiger partial charge in [-0.05, 0) is 56.8 Å². The van der Waals surface area contributed by atoms with Crippen molar-refractivity contribution in [3.05, 3.63) is 71.8 Å². The second-order valence-corrected chi connectivity index (χ2v) is 10.6. The number of aryl methyl sites for hydroxylation is 1. The fourth-order valence-corrected chi connectivity index (χ4v) is 5.19. The lowest BCUT2D eigenvalue weighted by molar-refractivity contribution is -0.146. The zero-order chi connectivity index (χ0) is 27.9. The fourth-order valence-electron chi connectivity index (χ4n) is 3.98. The zero-order valence-electron chi connectivity index (χ0n) is 21.9. The number of benzene rings is 3. The number of ether oxygens (including phenoxy) is 2. The third kappa shape index (κ3) is 6.49. The quantitative estimate of drug-likeness (QED) is 0.366. The van der Waals surface area contributed by atoms with E-state index in [1.807, 2.05) is 6.92 Å². The van der Waals surface area contributed by atoms with Crippen LogP contribution in [0.25, 0.3) is 10.8 Å². The Labute approximate surface area is 222 Å². The smallest absolute Gasteiger partial charge is 0.328 e. The molecule has 0 heterocycles. The number of fused-ring (bicyclic) bond motifs is 1. The molecule has 38 heavy (non-hydrogen) atoms. The summed E-state index contributed by atoms with van der Waals surface area (Å²) in [6.07, 6.45) is -0.0596. The van der Waals surface area contributed by atoms with Crippen molar-refractivity contribution in [2.75, 3.05) is 24.6 Å². The molecule has 0 bridgehead atoms. The van der Waals surface area contributed by atoms with E-state index in [1.54, 1.807) is 68.4 Å². The van der Waals surface area contributed by atoms with Gasteiger partial charge in [0.15, 0.2) is 0 Å². The van der Waals surface area contributed by atoms with Crippen molar-refractivity contribution in [3.63, 3.8) is 0 Å². The van der Waals surface area contributed by atoms with Crippen LogP contribution >= 0.6 is 0 Å². The van der Waals surface area contributed by atoms with Gasteiger partial charge in [0.2, 0.25) is 0 Å². The third-order valence-corrected chi connectivity index (χ3v) is 7.77. The lowest BCUT2D eigenvalue weighted by atomic mass is 10.0. The summed E-state index contributed by atoms with van der Waals surface area (Å²) < 4.78 is 37.8. The predicted molar refractivity (Wildman–Crippen MR) is 144 cm³/mol. The van der Waals surface area contributed by atoms with Gasteiger partial charge in [-0.15, -0.1) is 0 Å². The summed E-state index contributed by atoms with van der Waals surface area (Å²) in [6.45, 7) is 5.53. The highest BCUT2D eigenvalue weighted by molar-refractivity contribution is 7.92. The lowest BCUT2D eigenvalue weighted by Crippen LogP contribution is -2.42. The standard InChI is InChI=1S/C28H32N2O7S/c1-5-36-26(31)18-16-24(28(33)37-6-2)29-27(32)23-15-17-25(22-10-8-7-9-21(22)23)30(4)38(34,35)20-13-11-19(3)12-14-20/h7-15,17,24H,5-6,16,18H2,1-4H3,(H,29,32). The summed E-state index contributed by atoms with van der Waals surface area (Å²) in [7, 11) is -2.40. The van der Waals surface area contributed by atoms with E-state index in [0.717, 1.165) is 5.56 Å². The Hall–Kier alpha value is -3.92. The van der Waals surface area contributed by atoms with Crippen molar-refractivity contribution >= 4 is 44.3 Å². The minimum atomic E-state index is -3.86. The molecule has 10 heteroatoms. The van der Waals surface area contributed by atoms with E-state index in [9.17, 15) is 22.8 Å². The summed E-state index contributed by atoms with van der Waals surface area (Å²) in [5.41, 5.74) is 1.58. The summed E-state index contributed by atoms with van der Waals surface area (Å²) in [6, 6.07) is 15.5. The van der Waals surface area contributed by atoms with Gasteiger partial charge in [-0.1, -0.05) is 42.0 Å². The molecule has 0 aliphatic carbocycles. The van der Waals surface area contributed by atoms with Gasteiger partial charge in [0, 0.05) is 24.4 Å². The van der Waals surface area contributed by atoms with E-state index < -0.39 is 33.9 Å². The van der Waals surface area contributed by atoms with Crippen LogP contribution in [-0.4, -0.2) is 52.6 Å². The molecule has 0 saturated heterocycles. The zero-order valence-corrected chi connectivity index (χ0v) is 22.7. The van der Waals surface area contributed by atoms with E-state index >= 15 is 0 Å². The van der Waals surface area contributed by atoms with Crippen molar-refractivity contribution in [3.8, 4) is 0 Å². The number of hydrogen-bond acceptors (Lipinski definition) is 7. The Morgan fingerprint density at radius 2 is 1.53 bits per heavy atom. The van der Waals surface area contributed by atoms with Crippen LogP contribution in [-0.2, 0) is 29.1 Å². The number of esters is 2. The molecule has 0 aliphatic rings. The Kier molecular flexibility index (Phi) is 9.46. The Bertz CT molecular complexity index is 1420. The monoisotopic (exact) mass is 540 g/mol. The molecule has 9 nitrogen and oxygen atoms in total. The van der Waals surface area contributed by atoms with Gasteiger partial charge in [-0.25, -0.2) is 13.2 Å². The first kappa shape index (κ1) is 28.6. The predicted octanol–water partition coefficient (Wildman–Crippen LogP) is 3.98. The van der Waals surface area contributed by atoms with Crippen LogP contribution in [0.2, 0.25) is 0 Å². The normalized spacial score (nSPS) is 12.0. The van der Waals surface area contributed by atoms with Crippen LogP contribution < -0.4 is 9.62 Å². The van der Waals surface area contributed by atoms with E-state index in [1.165, 1.54) is 17.4 Å². The van der Waals surface area contributed by atoms with Crippen molar-refractivity contribution in [1.82, 2.24) is 5.32 Å². The van der Waals surface area contributed by atoms with Crippen molar-refractivity contribution < 1.29 is 32.3 Å². The van der Waals surface area contributed by atoms with Crippen LogP contribution in [0.4, 0.5) is 5.69 Å². The molecule has 1 N–H and O–H groups in total. The van der Waals surface area contributed by atoms with Gasteiger partial charge >= 0.3 is 11.9 Å². The molecule has 3 aromatic rings. The van der Waals surface area contributed by atoms with Gasteiger partial charge in [0.05, 0.1) is 23.8 Å². The summed E-state index contributed by atoms with van der Waals surface area (Å²) in [4.78, 5) is 37.8. The van der Waals surface area contributed by atoms with Gasteiger partial charge in [-0.3, -0.25) is 13.9 Å². The highest BCUT2D eigenvalue weighted by Gasteiger charge is 2.27. The molecule has 0 radical (unpaired) electrons. The lowest BCUT2D eigenvalue weighted by Gasteiger charge is -2.23. The van der Waals surface area contributed by atoms with E-state index in [2.05, 4.69) is 5.32 Å². The molecule has 0 saturated carbocycles. The number of carbonyl (C=O) groups is 3. The third-order valence-electron chi connectivity index (χ3n) is 5.98. The molecule has 0 fully saturated rings. The molecule has 1 amide bonds. The summed E-state index contributed by atoms with van der Waals surface area (Å²) in [5.74, 6) is -1.70. The van der Waals surface area contributed by atoms with Crippen molar-refractivity contribution in [2.24, 2.45) is 0 Å². The second kappa shape index (κ2) is 12.6. The average Bonchev–Trinajstić information content (AvgIpc) is 2.90. The second-order valence-electron chi connectivity index (χ2n) is 8.59. The SMILES string of the molecule is CCOC(=O)CCC(NC(=O)c1ccc(N(C)S(=O)(=O)c2ccc(C)cc2)c2ccccc12)C(=O)OCC.